The highest BCUT2D eigenvalue weighted by molar-refractivity contribution is 7.91. The Balaban J connectivity index is 2.72. The van der Waals surface area contributed by atoms with E-state index in [1.165, 1.54) is 18.2 Å². The molecule has 0 atom stereocenters. The molecule has 0 aliphatic rings. The first-order chi connectivity index (χ1) is 8.43. The van der Waals surface area contributed by atoms with Crippen molar-refractivity contribution in [2.75, 3.05) is 6.26 Å². The highest BCUT2D eigenvalue weighted by Gasteiger charge is 2.20. The Hall–Kier alpha value is -1.59. The summed E-state index contributed by atoms with van der Waals surface area (Å²) in [5.74, 6) is 0.421. The van der Waals surface area contributed by atoms with Crippen molar-refractivity contribution >= 4 is 27.7 Å². The van der Waals surface area contributed by atoms with E-state index < -0.39 is 9.84 Å². The van der Waals surface area contributed by atoms with Gasteiger partial charge >= 0.3 is 0 Å². The van der Waals surface area contributed by atoms with Crippen molar-refractivity contribution in [1.29, 1.82) is 0 Å². The Morgan fingerprint density at radius 3 is 2.50 bits per heavy atom. The molecule has 2 rings (SSSR count). The summed E-state index contributed by atoms with van der Waals surface area (Å²) in [4.78, 5) is 10.6. The van der Waals surface area contributed by atoms with Gasteiger partial charge in [0.15, 0.2) is 21.9 Å². The first kappa shape index (κ1) is 12.9. The SMILES string of the molecule is CS(=O)(=O)c1c(Cl)cccc1-c1ccc(C=O)o1. The summed E-state index contributed by atoms with van der Waals surface area (Å²) in [6, 6.07) is 7.69. The van der Waals surface area contributed by atoms with E-state index in [0.29, 0.717) is 17.6 Å². The van der Waals surface area contributed by atoms with Gasteiger partial charge in [-0.05, 0) is 24.3 Å². The van der Waals surface area contributed by atoms with E-state index in [1.807, 2.05) is 0 Å². The molecule has 0 unspecified atom stereocenters. The van der Waals surface area contributed by atoms with Gasteiger partial charge in [-0.1, -0.05) is 17.7 Å². The highest BCUT2D eigenvalue weighted by atomic mass is 35.5. The summed E-state index contributed by atoms with van der Waals surface area (Å²) >= 11 is 5.91. The van der Waals surface area contributed by atoms with Crippen LogP contribution in [0.5, 0.6) is 0 Å². The van der Waals surface area contributed by atoms with E-state index in [0.717, 1.165) is 6.26 Å². The molecule has 0 spiro atoms. The lowest BCUT2D eigenvalue weighted by atomic mass is 10.2. The number of aldehydes is 1. The van der Waals surface area contributed by atoms with Gasteiger partial charge in [0.25, 0.3) is 0 Å². The number of carbonyl (C=O) groups is 1. The molecule has 18 heavy (non-hydrogen) atoms. The second-order valence-corrected chi connectivity index (χ2v) is 6.07. The summed E-state index contributed by atoms with van der Waals surface area (Å²) in [5, 5.41) is 0.124. The predicted molar refractivity (Wildman–Crippen MR) is 67.7 cm³/mol. The Bertz CT molecular complexity index is 701. The van der Waals surface area contributed by atoms with E-state index in [1.54, 1.807) is 12.1 Å². The fourth-order valence-electron chi connectivity index (χ4n) is 1.64. The molecule has 0 bridgehead atoms. The molecule has 1 aromatic carbocycles. The standard InChI is InChI=1S/C12H9ClO4S/c1-18(15,16)12-9(3-2-4-10(12)13)11-6-5-8(7-14)17-11/h2-7H,1H3. The monoisotopic (exact) mass is 284 g/mol. The summed E-state index contributed by atoms with van der Waals surface area (Å²) in [6.07, 6.45) is 1.62. The minimum absolute atomic E-state index is 0.00142. The van der Waals surface area contributed by atoms with Crippen LogP contribution in [0, 0.1) is 0 Å². The Morgan fingerprint density at radius 2 is 1.94 bits per heavy atom. The molecule has 0 saturated carbocycles. The summed E-state index contributed by atoms with van der Waals surface area (Å²) in [6.45, 7) is 0. The van der Waals surface area contributed by atoms with Crippen LogP contribution in [0.4, 0.5) is 0 Å². The van der Waals surface area contributed by atoms with Crippen molar-refractivity contribution in [3.05, 3.63) is 41.1 Å². The average molecular weight is 285 g/mol. The van der Waals surface area contributed by atoms with Gasteiger partial charge in [0, 0.05) is 11.8 Å². The van der Waals surface area contributed by atoms with Gasteiger partial charge in [-0.25, -0.2) is 8.42 Å². The Morgan fingerprint density at radius 1 is 1.22 bits per heavy atom. The fraction of sp³-hybridized carbons (Fsp3) is 0.0833. The van der Waals surface area contributed by atoms with Crippen LogP contribution in [-0.4, -0.2) is 21.0 Å². The molecular formula is C12H9ClO4S. The predicted octanol–water partition coefficient (Wildman–Crippen LogP) is 2.82. The van der Waals surface area contributed by atoms with Crippen LogP contribution in [0.15, 0.2) is 39.6 Å². The van der Waals surface area contributed by atoms with Crippen molar-refractivity contribution in [1.82, 2.24) is 0 Å². The largest absolute Gasteiger partial charge is 0.453 e. The summed E-state index contributed by atoms with van der Waals surface area (Å²) in [5.41, 5.74) is 0.345. The van der Waals surface area contributed by atoms with Crippen molar-refractivity contribution in [2.24, 2.45) is 0 Å². The van der Waals surface area contributed by atoms with E-state index >= 15 is 0 Å². The number of hydrogen-bond donors (Lipinski definition) is 0. The van der Waals surface area contributed by atoms with Crippen LogP contribution in [-0.2, 0) is 9.84 Å². The summed E-state index contributed by atoms with van der Waals surface area (Å²) < 4.78 is 28.7. The first-order valence-electron chi connectivity index (χ1n) is 4.97. The number of furan rings is 1. The molecule has 2 aromatic rings. The second kappa shape index (κ2) is 4.59. The van der Waals surface area contributed by atoms with Crippen molar-refractivity contribution in [3.63, 3.8) is 0 Å². The topological polar surface area (TPSA) is 64.3 Å². The minimum atomic E-state index is -3.49. The van der Waals surface area contributed by atoms with Gasteiger partial charge in [-0.3, -0.25) is 4.79 Å². The van der Waals surface area contributed by atoms with Gasteiger partial charge in [0.05, 0.1) is 9.92 Å². The number of halogens is 1. The maximum Gasteiger partial charge on any atom is 0.185 e. The third kappa shape index (κ3) is 2.32. The molecule has 0 N–H and O–H groups in total. The van der Waals surface area contributed by atoms with Gasteiger partial charge in [0.1, 0.15) is 5.76 Å². The zero-order chi connectivity index (χ0) is 13.3. The molecule has 0 fully saturated rings. The van der Waals surface area contributed by atoms with Gasteiger partial charge < -0.3 is 4.42 Å². The second-order valence-electron chi connectivity index (χ2n) is 3.71. The third-order valence-electron chi connectivity index (χ3n) is 2.35. The average Bonchev–Trinajstić information content (AvgIpc) is 2.75. The number of hydrogen-bond acceptors (Lipinski definition) is 4. The van der Waals surface area contributed by atoms with Crippen LogP contribution in [0.25, 0.3) is 11.3 Å². The maximum absolute atomic E-state index is 11.7. The number of rotatable bonds is 3. The number of carbonyl (C=O) groups excluding carboxylic acids is 1. The van der Waals surface area contributed by atoms with Crippen LogP contribution in [0.1, 0.15) is 10.6 Å². The third-order valence-corrected chi connectivity index (χ3v) is 3.95. The smallest absolute Gasteiger partial charge is 0.185 e. The molecule has 6 heteroatoms. The van der Waals surface area contributed by atoms with Crippen LogP contribution in [0.3, 0.4) is 0 Å². The van der Waals surface area contributed by atoms with E-state index in [4.69, 9.17) is 16.0 Å². The van der Waals surface area contributed by atoms with Gasteiger partial charge in [0.2, 0.25) is 0 Å². The van der Waals surface area contributed by atoms with Crippen molar-refractivity contribution < 1.29 is 17.6 Å². The van der Waals surface area contributed by atoms with Crippen LogP contribution >= 0.6 is 11.6 Å². The molecule has 0 radical (unpaired) electrons. The number of benzene rings is 1. The molecule has 0 aliphatic heterocycles. The van der Waals surface area contributed by atoms with Gasteiger partial charge in [-0.2, -0.15) is 0 Å². The minimum Gasteiger partial charge on any atom is -0.453 e. The maximum atomic E-state index is 11.7. The highest BCUT2D eigenvalue weighted by Crippen LogP contribution is 2.33. The molecule has 0 amide bonds. The normalized spacial score (nSPS) is 11.4. The summed E-state index contributed by atoms with van der Waals surface area (Å²) in [7, 11) is -3.49. The quantitative estimate of drug-likeness (QED) is 0.813. The molecule has 94 valence electrons. The molecule has 1 aromatic heterocycles. The number of sulfone groups is 1. The zero-order valence-corrected chi connectivity index (χ0v) is 11.0. The Labute approximate surface area is 109 Å². The molecule has 0 saturated heterocycles. The van der Waals surface area contributed by atoms with Gasteiger partial charge in [-0.15, -0.1) is 0 Å². The molecule has 4 nitrogen and oxygen atoms in total. The lowest BCUT2D eigenvalue weighted by Gasteiger charge is -2.07. The first-order valence-corrected chi connectivity index (χ1v) is 7.24. The molecule has 1 heterocycles. The van der Waals surface area contributed by atoms with E-state index in [9.17, 15) is 13.2 Å². The lowest BCUT2D eigenvalue weighted by Crippen LogP contribution is -2.00. The Kier molecular flexibility index (Phi) is 3.28. The molecule has 0 aliphatic carbocycles. The van der Waals surface area contributed by atoms with Crippen molar-refractivity contribution in [3.8, 4) is 11.3 Å². The van der Waals surface area contributed by atoms with E-state index in [2.05, 4.69) is 0 Å². The fourth-order valence-corrected chi connectivity index (χ4v) is 3.23. The molecular weight excluding hydrogens is 276 g/mol. The lowest BCUT2D eigenvalue weighted by molar-refractivity contribution is 0.110. The van der Waals surface area contributed by atoms with Crippen LogP contribution < -0.4 is 0 Å². The zero-order valence-electron chi connectivity index (χ0n) is 9.38. The van der Waals surface area contributed by atoms with E-state index in [-0.39, 0.29) is 15.7 Å². The van der Waals surface area contributed by atoms with Crippen molar-refractivity contribution in [2.45, 2.75) is 4.90 Å². The van der Waals surface area contributed by atoms with Crippen LogP contribution in [0.2, 0.25) is 5.02 Å².